The molecule has 2 rings (SSSR count). The molecule has 0 fully saturated rings. The minimum absolute atomic E-state index is 0.156. The molecule has 2 aromatic rings. The molecule has 1 N–H and O–H groups in total. The third-order valence-corrected chi connectivity index (χ3v) is 1.85. The average Bonchev–Trinajstić information content (AvgIpc) is 2.29. The van der Waals surface area contributed by atoms with Gasteiger partial charge < -0.3 is 5.11 Å². The molecule has 3 nitrogen and oxygen atoms in total. The summed E-state index contributed by atoms with van der Waals surface area (Å²) >= 11 is 5.71. The molecule has 0 aliphatic heterocycles. The van der Waals surface area contributed by atoms with E-state index in [2.05, 4.69) is 5.10 Å². The van der Waals surface area contributed by atoms with Crippen LogP contribution < -0.4 is 0 Å². The van der Waals surface area contributed by atoms with Crippen molar-refractivity contribution in [1.29, 1.82) is 0 Å². The molecular weight excluding hydrogens is 176 g/mol. The van der Waals surface area contributed by atoms with Crippen molar-refractivity contribution in [2.24, 2.45) is 0 Å². The minimum atomic E-state index is 0.156. The van der Waals surface area contributed by atoms with Gasteiger partial charge in [-0.25, -0.2) is 4.52 Å². The molecule has 0 radical (unpaired) electrons. The van der Waals surface area contributed by atoms with E-state index in [-0.39, 0.29) is 5.75 Å². The molecule has 0 amide bonds. The molecule has 0 saturated carbocycles. The van der Waals surface area contributed by atoms with Crippen molar-refractivity contribution >= 4 is 17.1 Å². The predicted octanol–water partition coefficient (Wildman–Crippen LogP) is 2.00. The van der Waals surface area contributed by atoms with Crippen molar-refractivity contribution in [3.8, 4) is 5.75 Å². The van der Waals surface area contributed by atoms with Crippen LogP contribution in [0.3, 0.4) is 0 Å². The van der Waals surface area contributed by atoms with Crippen molar-refractivity contribution in [2.45, 2.75) is 6.92 Å². The number of pyridine rings is 1. The number of hydrogen-bond acceptors (Lipinski definition) is 2. The van der Waals surface area contributed by atoms with Crippen LogP contribution in [0.4, 0.5) is 0 Å². The van der Waals surface area contributed by atoms with E-state index >= 15 is 0 Å². The lowest BCUT2D eigenvalue weighted by molar-refractivity contribution is 0.478. The van der Waals surface area contributed by atoms with Crippen molar-refractivity contribution in [1.82, 2.24) is 9.61 Å². The molecule has 2 aromatic heterocycles. The van der Waals surface area contributed by atoms with Crippen LogP contribution >= 0.6 is 11.6 Å². The molecule has 2 heterocycles. The topological polar surface area (TPSA) is 37.5 Å². The Morgan fingerprint density at radius 2 is 2.25 bits per heavy atom. The minimum Gasteiger partial charge on any atom is -0.506 e. The lowest BCUT2D eigenvalue weighted by atomic mass is 10.3. The molecule has 0 unspecified atom stereocenters. The zero-order chi connectivity index (χ0) is 8.72. The number of hydrogen-bond donors (Lipinski definition) is 1. The van der Waals surface area contributed by atoms with Crippen LogP contribution in [0.1, 0.15) is 5.69 Å². The Kier molecular flexibility index (Phi) is 1.48. The van der Waals surface area contributed by atoms with E-state index in [0.717, 1.165) is 5.69 Å². The Hall–Kier alpha value is -1.22. The SMILES string of the molecule is Cc1cc2c(O)cc(Cl)cn2n1. The number of rotatable bonds is 0. The second kappa shape index (κ2) is 2.38. The normalized spacial score (nSPS) is 10.8. The first-order valence-corrected chi connectivity index (χ1v) is 3.89. The lowest BCUT2D eigenvalue weighted by Crippen LogP contribution is -1.86. The Bertz CT molecular complexity index is 436. The number of fused-ring (bicyclic) bond motifs is 1. The van der Waals surface area contributed by atoms with Gasteiger partial charge in [0.2, 0.25) is 0 Å². The smallest absolute Gasteiger partial charge is 0.142 e. The fraction of sp³-hybridized carbons (Fsp3) is 0.125. The summed E-state index contributed by atoms with van der Waals surface area (Å²) < 4.78 is 1.56. The Morgan fingerprint density at radius 1 is 1.50 bits per heavy atom. The molecule has 12 heavy (non-hydrogen) atoms. The van der Waals surface area contributed by atoms with Crippen LogP contribution in [0.2, 0.25) is 5.02 Å². The lowest BCUT2D eigenvalue weighted by Gasteiger charge is -1.96. The quantitative estimate of drug-likeness (QED) is 0.677. The standard InChI is InChI=1S/C8H7ClN2O/c1-5-2-7-8(12)3-6(9)4-11(7)10-5/h2-4,12H,1H3. The van der Waals surface area contributed by atoms with Crippen LogP contribution in [0.15, 0.2) is 18.3 Å². The van der Waals surface area contributed by atoms with Crippen LogP contribution in [-0.2, 0) is 0 Å². The molecule has 0 spiro atoms. The first kappa shape index (κ1) is 7.43. The number of aryl methyl sites for hydroxylation is 1. The second-order valence-corrected chi connectivity index (χ2v) is 3.10. The monoisotopic (exact) mass is 182 g/mol. The summed E-state index contributed by atoms with van der Waals surface area (Å²) in [5, 5.41) is 14.0. The molecule has 0 aromatic carbocycles. The maximum Gasteiger partial charge on any atom is 0.142 e. The van der Waals surface area contributed by atoms with E-state index in [0.29, 0.717) is 10.5 Å². The van der Waals surface area contributed by atoms with E-state index in [1.165, 1.54) is 6.07 Å². The Balaban J connectivity index is 2.88. The summed E-state index contributed by atoms with van der Waals surface area (Å²) in [5.41, 5.74) is 1.53. The highest BCUT2D eigenvalue weighted by Crippen LogP contribution is 2.22. The van der Waals surface area contributed by atoms with Crippen LogP contribution in [0.25, 0.3) is 5.52 Å². The van der Waals surface area contributed by atoms with E-state index in [1.54, 1.807) is 16.8 Å². The third-order valence-electron chi connectivity index (χ3n) is 1.64. The molecule has 0 saturated heterocycles. The molecule has 0 atom stereocenters. The first-order chi connectivity index (χ1) is 5.66. The highest BCUT2D eigenvalue weighted by Gasteiger charge is 2.03. The predicted molar refractivity (Wildman–Crippen MR) is 46.6 cm³/mol. The van der Waals surface area contributed by atoms with Gasteiger partial charge in [-0.05, 0) is 13.0 Å². The molecule has 0 aliphatic carbocycles. The Labute approximate surface area is 74.2 Å². The number of aromatic hydroxyl groups is 1. The molecule has 0 bridgehead atoms. The van der Waals surface area contributed by atoms with Crippen LogP contribution in [-0.4, -0.2) is 14.7 Å². The Morgan fingerprint density at radius 3 is 3.00 bits per heavy atom. The second-order valence-electron chi connectivity index (χ2n) is 2.66. The van der Waals surface area contributed by atoms with Crippen LogP contribution in [0.5, 0.6) is 5.75 Å². The van der Waals surface area contributed by atoms with E-state index in [1.807, 2.05) is 6.92 Å². The van der Waals surface area contributed by atoms with Gasteiger partial charge in [-0.1, -0.05) is 11.6 Å². The largest absolute Gasteiger partial charge is 0.506 e. The molecule has 0 aliphatic rings. The molecule has 4 heteroatoms. The highest BCUT2D eigenvalue weighted by atomic mass is 35.5. The van der Waals surface area contributed by atoms with E-state index < -0.39 is 0 Å². The number of halogens is 1. The highest BCUT2D eigenvalue weighted by molar-refractivity contribution is 6.30. The number of aromatic nitrogens is 2. The van der Waals surface area contributed by atoms with Gasteiger partial charge in [0, 0.05) is 12.3 Å². The van der Waals surface area contributed by atoms with Crippen LogP contribution in [0, 0.1) is 6.92 Å². The van der Waals surface area contributed by atoms with Gasteiger partial charge in [-0.3, -0.25) is 0 Å². The maximum atomic E-state index is 9.42. The summed E-state index contributed by atoms with van der Waals surface area (Å²) in [5.74, 6) is 0.156. The fourth-order valence-electron chi connectivity index (χ4n) is 1.17. The molecular formula is C8H7ClN2O. The summed E-state index contributed by atoms with van der Waals surface area (Å²) in [4.78, 5) is 0. The first-order valence-electron chi connectivity index (χ1n) is 3.51. The van der Waals surface area contributed by atoms with E-state index in [4.69, 9.17) is 11.6 Å². The summed E-state index contributed by atoms with van der Waals surface area (Å²) in [7, 11) is 0. The van der Waals surface area contributed by atoms with Crippen molar-refractivity contribution in [2.75, 3.05) is 0 Å². The van der Waals surface area contributed by atoms with Gasteiger partial charge in [0.05, 0.1) is 10.7 Å². The van der Waals surface area contributed by atoms with Gasteiger partial charge in [-0.2, -0.15) is 5.10 Å². The summed E-state index contributed by atoms with van der Waals surface area (Å²) in [6.07, 6.45) is 1.66. The summed E-state index contributed by atoms with van der Waals surface area (Å²) in [6.45, 7) is 1.86. The van der Waals surface area contributed by atoms with Crippen molar-refractivity contribution < 1.29 is 5.11 Å². The third kappa shape index (κ3) is 1.02. The van der Waals surface area contributed by atoms with Gasteiger partial charge in [0.1, 0.15) is 11.3 Å². The van der Waals surface area contributed by atoms with Crippen molar-refractivity contribution in [3.05, 3.63) is 29.0 Å². The maximum absolute atomic E-state index is 9.42. The van der Waals surface area contributed by atoms with E-state index in [9.17, 15) is 5.11 Å². The van der Waals surface area contributed by atoms with Gasteiger partial charge in [-0.15, -0.1) is 0 Å². The average molecular weight is 183 g/mol. The van der Waals surface area contributed by atoms with Gasteiger partial charge in [0.25, 0.3) is 0 Å². The van der Waals surface area contributed by atoms with Crippen molar-refractivity contribution in [3.63, 3.8) is 0 Å². The van der Waals surface area contributed by atoms with Gasteiger partial charge in [0.15, 0.2) is 0 Å². The number of nitrogens with zero attached hydrogens (tertiary/aromatic N) is 2. The summed E-state index contributed by atoms with van der Waals surface area (Å²) in [6, 6.07) is 3.30. The fourth-order valence-corrected chi connectivity index (χ4v) is 1.36. The molecule has 62 valence electrons. The zero-order valence-electron chi connectivity index (χ0n) is 6.45. The zero-order valence-corrected chi connectivity index (χ0v) is 7.21. The van der Waals surface area contributed by atoms with Gasteiger partial charge >= 0.3 is 0 Å².